The fraction of sp³-hybridized carbons (Fsp3) is 0.400. The van der Waals surface area contributed by atoms with Crippen LogP contribution in [-0.2, 0) is 30.4 Å². The van der Waals surface area contributed by atoms with Crippen molar-refractivity contribution in [3.63, 3.8) is 0 Å². The van der Waals surface area contributed by atoms with Crippen LogP contribution in [0.25, 0.3) is 0 Å². The fourth-order valence-corrected chi connectivity index (χ4v) is 7.00. The molecule has 0 spiro atoms. The van der Waals surface area contributed by atoms with E-state index in [4.69, 9.17) is 0 Å². The summed E-state index contributed by atoms with van der Waals surface area (Å²) in [6.45, 7) is 0. The second-order valence-corrected chi connectivity index (χ2v) is 20.6. The van der Waals surface area contributed by atoms with Crippen molar-refractivity contribution in [2.45, 2.75) is 14.7 Å². The van der Waals surface area contributed by atoms with Gasteiger partial charge in [0, 0.05) is 0 Å². The van der Waals surface area contributed by atoms with E-state index in [1.807, 2.05) is 0 Å². The summed E-state index contributed by atoms with van der Waals surface area (Å²) in [6.07, 6.45) is 0. The summed E-state index contributed by atoms with van der Waals surface area (Å²) in [4.78, 5) is -1.63. The van der Waals surface area contributed by atoms with Crippen LogP contribution in [0.5, 0.6) is 0 Å². The summed E-state index contributed by atoms with van der Waals surface area (Å²) < 4.78 is 106. The number of rotatable bonds is 6. The Morgan fingerprint density at radius 1 is 0.413 bits per heavy atom. The molecule has 46 heavy (non-hydrogen) atoms. The van der Waals surface area contributed by atoms with Gasteiger partial charge in [0.25, 0.3) is 0 Å². The normalized spacial score (nSPS) is 12.5. The highest BCUT2D eigenvalue weighted by atomic mass is 32.2. The molecule has 3 aromatic carbocycles. The highest BCUT2D eigenvalue weighted by molar-refractivity contribution is 7.86. The van der Waals surface area contributed by atoms with Crippen molar-refractivity contribution in [1.82, 2.24) is 0 Å². The molecule has 0 bridgehead atoms. The van der Waals surface area contributed by atoms with Gasteiger partial charge in [-0.25, -0.2) is 25.3 Å². The zero-order valence-electron chi connectivity index (χ0n) is 28.6. The number of nitrogens with zero attached hydrogens (tertiary/aromatic N) is 3. The van der Waals surface area contributed by atoms with Gasteiger partial charge in [-0.3, -0.25) is 0 Å². The van der Waals surface area contributed by atoms with Gasteiger partial charge in [-0.05, 0) is 60.2 Å². The lowest BCUT2D eigenvalue weighted by Gasteiger charge is -2.22. The first kappa shape index (κ1) is 43.7. The van der Waals surface area contributed by atoms with Crippen molar-refractivity contribution >= 4 is 54.2 Å². The molecule has 0 saturated heterocycles. The molecule has 12 nitrogen and oxygen atoms in total. The minimum atomic E-state index is -4.82. The third kappa shape index (κ3) is 20.7. The Balaban J connectivity index is 0.00000112. The summed E-state index contributed by atoms with van der Waals surface area (Å²) in [5.41, 5.74) is 0. The molecule has 0 saturated carbocycles. The standard InChI is InChI=1S/C18H15O9PS3.3C4H12N/c19-29(20,21)16-7-1-4-13(10-16)28(14-5-2-8-17(11-14)30(22,23)24)15-6-3-9-18(12-15)31(25,26)27;3*1-5(2,3)4/h1-12H,(H,19,20,21)(H,22,23,24)(H,25,26,27);3*1-4H3/q;3*+1/p-3. The Morgan fingerprint density at radius 2 is 0.587 bits per heavy atom. The maximum absolute atomic E-state index is 11.5. The average Bonchev–Trinajstić information content (AvgIpc) is 2.80. The number of quaternary nitrogens is 3. The number of hydrogen-bond acceptors (Lipinski definition) is 9. The molecule has 3 rings (SSSR count). The van der Waals surface area contributed by atoms with Crippen LogP contribution in [0.1, 0.15) is 0 Å². The second kappa shape index (κ2) is 16.7. The molecular weight excluding hydrogens is 674 g/mol. The van der Waals surface area contributed by atoms with E-state index >= 15 is 0 Å². The summed E-state index contributed by atoms with van der Waals surface area (Å²) >= 11 is 0. The Labute approximate surface area is 277 Å². The Kier molecular flexibility index (Phi) is 15.9. The maximum atomic E-state index is 11.5. The predicted octanol–water partition coefficient (Wildman–Crippen LogP) is 1.12. The molecule has 0 amide bonds. The molecule has 0 atom stereocenters. The van der Waals surface area contributed by atoms with Crippen molar-refractivity contribution in [2.24, 2.45) is 0 Å². The molecule has 0 aliphatic carbocycles. The van der Waals surface area contributed by atoms with E-state index < -0.39 is 53.0 Å². The molecule has 0 unspecified atom stereocenters. The first-order chi connectivity index (χ1) is 20.3. The van der Waals surface area contributed by atoms with Gasteiger partial charge < -0.3 is 27.1 Å². The van der Waals surface area contributed by atoms with Crippen molar-refractivity contribution in [1.29, 1.82) is 0 Å². The third-order valence-corrected chi connectivity index (χ3v) is 8.97. The molecule has 3 aromatic rings. The van der Waals surface area contributed by atoms with Crippen molar-refractivity contribution in [3.8, 4) is 0 Å². The van der Waals surface area contributed by atoms with Gasteiger partial charge >= 0.3 is 0 Å². The van der Waals surface area contributed by atoms with Crippen LogP contribution in [0.15, 0.2) is 87.5 Å². The largest absolute Gasteiger partial charge is 0.744 e. The van der Waals surface area contributed by atoms with E-state index in [2.05, 4.69) is 84.6 Å². The molecule has 0 radical (unpaired) electrons. The quantitative estimate of drug-likeness (QED) is 0.206. The molecule has 0 heterocycles. The highest BCUT2D eigenvalue weighted by Gasteiger charge is 2.20. The highest BCUT2D eigenvalue weighted by Crippen LogP contribution is 2.34. The molecule has 16 heteroatoms. The van der Waals surface area contributed by atoms with Gasteiger partial charge in [-0.1, -0.05) is 36.4 Å². The van der Waals surface area contributed by atoms with Crippen molar-refractivity contribution in [2.75, 3.05) is 84.6 Å². The summed E-state index contributed by atoms with van der Waals surface area (Å²) in [7, 11) is 9.20. The molecule has 0 fully saturated rings. The average molecular weight is 722 g/mol. The third-order valence-electron chi connectivity index (χ3n) is 4.09. The van der Waals surface area contributed by atoms with Gasteiger partial charge in [-0.2, -0.15) is 0 Å². The zero-order chi connectivity index (χ0) is 36.5. The maximum Gasteiger partial charge on any atom is 0.124 e. The molecule has 0 aromatic heterocycles. The van der Waals surface area contributed by atoms with Crippen molar-refractivity contribution < 1.29 is 52.4 Å². The Hall–Kier alpha value is -2.30. The Morgan fingerprint density at radius 3 is 0.739 bits per heavy atom. The molecule has 0 aliphatic heterocycles. The van der Waals surface area contributed by atoms with Crippen LogP contribution in [0.3, 0.4) is 0 Å². The van der Waals surface area contributed by atoms with Crippen LogP contribution < -0.4 is 15.9 Å². The van der Waals surface area contributed by atoms with E-state index in [0.717, 1.165) is 49.8 Å². The topological polar surface area (TPSA) is 172 Å². The predicted molar refractivity (Wildman–Crippen MR) is 181 cm³/mol. The smallest absolute Gasteiger partial charge is 0.124 e. The lowest BCUT2D eigenvalue weighted by atomic mass is 10.3. The molecule has 0 N–H and O–H groups in total. The lowest BCUT2D eigenvalue weighted by molar-refractivity contribution is -0.849. The van der Waals surface area contributed by atoms with E-state index in [9.17, 15) is 38.9 Å². The van der Waals surface area contributed by atoms with E-state index in [0.29, 0.717) is 0 Å². The first-order valence-corrected chi connectivity index (χ1v) is 19.2. The summed E-state index contributed by atoms with van der Waals surface area (Å²) in [5, 5.41) is 0.772. The second-order valence-electron chi connectivity index (χ2n) is 14.2. The van der Waals surface area contributed by atoms with E-state index in [1.165, 1.54) is 36.4 Å². The van der Waals surface area contributed by atoms with Crippen LogP contribution >= 0.6 is 7.92 Å². The van der Waals surface area contributed by atoms with Crippen LogP contribution in [-0.4, -0.2) is 137 Å². The van der Waals surface area contributed by atoms with Gasteiger partial charge in [0.15, 0.2) is 0 Å². The number of benzene rings is 3. The lowest BCUT2D eigenvalue weighted by Crippen LogP contribution is -2.27. The molecular formula is C30H48N3O9PS3. The Bertz CT molecular complexity index is 1530. The van der Waals surface area contributed by atoms with E-state index in [-0.39, 0.29) is 15.9 Å². The van der Waals surface area contributed by atoms with Gasteiger partial charge in [0.05, 0.1) is 99.3 Å². The minimum Gasteiger partial charge on any atom is -0.744 e. The SMILES string of the molecule is C[N+](C)(C)C.C[N+](C)(C)C.C[N+](C)(C)C.O=S(=O)([O-])c1cccc(P(c2cccc(S(=O)(=O)[O-])c2)c2cccc(S(=O)(=O)[O-])c2)c1. The van der Waals surface area contributed by atoms with Crippen molar-refractivity contribution in [3.05, 3.63) is 72.8 Å². The molecule has 0 aliphatic rings. The molecule has 260 valence electrons. The number of hydrogen-bond donors (Lipinski definition) is 0. The summed E-state index contributed by atoms with van der Waals surface area (Å²) in [5.74, 6) is 0. The fourth-order valence-electron chi connectivity index (χ4n) is 2.78. The van der Waals surface area contributed by atoms with Crippen LogP contribution in [0.2, 0.25) is 0 Å². The van der Waals surface area contributed by atoms with Crippen LogP contribution in [0.4, 0.5) is 0 Å². The monoisotopic (exact) mass is 721 g/mol. The van der Waals surface area contributed by atoms with Gasteiger partial charge in [-0.15, -0.1) is 0 Å². The summed E-state index contributed by atoms with van der Waals surface area (Å²) in [6, 6.07) is 14.8. The van der Waals surface area contributed by atoms with Crippen LogP contribution in [0, 0.1) is 0 Å². The van der Waals surface area contributed by atoms with Gasteiger partial charge in [0.1, 0.15) is 30.4 Å². The minimum absolute atomic E-state index is 0.257. The zero-order valence-corrected chi connectivity index (χ0v) is 32.0. The van der Waals surface area contributed by atoms with Gasteiger partial charge in [0.2, 0.25) is 0 Å². The first-order valence-electron chi connectivity index (χ1n) is 13.6. The van der Waals surface area contributed by atoms with E-state index in [1.54, 1.807) is 0 Å².